The summed E-state index contributed by atoms with van der Waals surface area (Å²) in [5.41, 5.74) is 1.47. The molecule has 5 heteroatoms. The number of allylic oxidation sites excluding steroid dienone is 2. The molecule has 4 aliphatic rings. The Morgan fingerprint density at radius 3 is 2.65 bits per heavy atom. The van der Waals surface area contributed by atoms with E-state index < -0.39 is 9.84 Å². The molecule has 6 atom stereocenters. The Balaban J connectivity index is 1.69. The molecule has 0 N–H and O–H groups in total. The standard InChI is InChI=1S/C21H33NO3S/c1-5-26(24,25)15-11-18-16-13-22(4)19-10-14(23)6-9-21(19,3)17(16)7-8-20(18,2)12-15/h10,15-18H,5-9,11-13H2,1-4H3/t15?,16-,17-,18+,20-,21-/m1/s1. The fourth-order valence-electron chi connectivity index (χ4n) is 7.07. The van der Waals surface area contributed by atoms with Crippen LogP contribution in [0.2, 0.25) is 0 Å². The molecule has 3 fully saturated rings. The van der Waals surface area contributed by atoms with Crippen molar-refractivity contribution >= 4 is 15.6 Å². The normalized spacial score (nSPS) is 45.6. The van der Waals surface area contributed by atoms with Gasteiger partial charge in [0, 0.05) is 43.0 Å². The van der Waals surface area contributed by atoms with E-state index in [4.69, 9.17) is 0 Å². The Hall–Kier alpha value is -0.840. The molecule has 0 aromatic heterocycles. The number of sulfone groups is 1. The highest BCUT2D eigenvalue weighted by atomic mass is 32.2. The molecular formula is C21H33NO3S. The largest absolute Gasteiger partial charge is 0.377 e. The van der Waals surface area contributed by atoms with Crippen LogP contribution in [0.25, 0.3) is 0 Å². The minimum atomic E-state index is -2.96. The van der Waals surface area contributed by atoms with Crippen molar-refractivity contribution in [1.29, 1.82) is 0 Å². The summed E-state index contributed by atoms with van der Waals surface area (Å²) >= 11 is 0. The Bertz CT molecular complexity index is 757. The van der Waals surface area contributed by atoms with Gasteiger partial charge in [0.05, 0.1) is 5.25 Å². The van der Waals surface area contributed by atoms with Crippen LogP contribution in [-0.2, 0) is 14.6 Å². The second-order valence-electron chi connectivity index (χ2n) is 9.88. The SMILES string of the molecule is CCS(=O)(=O)C1C[C@H]2[C@@H]3CN(C)C4=CC(=O)CC[C@]4(C)[C@@H]3CC[C@]2(C)C1. The molecule has 2 saturated carbocycles. The zero-order chi connectivity index (χ0) is 18.9. The molecule has 0 aromatic carbocycles. The van der Waals surface area contributed by atoms with E-state index in [1.807, 2.05) is 6.08 Å². The van der Waals surface area contributed by atoms with E-state index in [-0.39, 0.29) is 27.6 Å². The number of fused-ring (bicyclic) bond motifs is 5. The van der Waals surface area contributed by atoms with Crippen molar-refractivity contribution in [3.63, 3.8) is 0 Å². The molecule has 0 aromatic rings. The number of hydrogen-bond acceptors (Lipinski definition) is 4. The molecule has 4 rings (SSSR count). The van der Waals surface area contributed by atoms with E-state index in [0.29, 0.717) is 24.2 Å². The van der Waals surface area contributed by atoms with E-state index in [9.17, 15) is 13.2 Å². The lowest BCUT2D eigenvalue weighted by Crippen LogP contribution is -2.56. The molecule has 1 unspecified atom stereocenters. The van der Waals surface area contributed by atoms with E-state index in [0.717, 1.165) is 32.2 Å². The second-order valence-corrected chi connectivity index (χ2v) is 12.4. The summed E-state index contributed by atoms with van der Waals surface area (Å²) in [6.07, 6.45) is 7.50. The van der Waals surface area contributed by atoms with Gasteiger partial charge in [-0.3, -0.25) is 4.79 Å². The summed E-state index contributed by atoms with van der Waals surface area (Å²) in [6.45, 7) is 7.46. The molecular weight excluding hydrogens is 346 g/mol. The van der Waals surface area contributed by atoms with Gasteiger partial charge >= 0.3 is 0 Å². The minimum absolute atomic E-state index is 0.0780. The van der Waals surface area contributed by atoms with Crippen LogP contribution < -0.4 is 0 Å². The lowest BCUT2D eigenvalue weighted by atomic mass is 9.50. The van der Waals surface area contributed by atoms with Gasteiger partial charge in [-0.25, -0.2) is 8.42 Å². The average molecular weight is 380 g/mol. The Labute approximate surface area is 158 Å². The summed E-state index contributed by atoms with van der Waals surface area (Å²) in [5.74, 6) is 2.15. The maximum absolute atomic E-state index is 12.6. The van der Waals surface area contributed by atoms with Crippen LogP contribution in [0.3, 0.4) is 0 Å². The van der Waals surface area contributed by atoms with Crippen molar-refractivity contribution in [3.05, 3.63) is 11.8 Å². The van der Waals surface area contributed by atoms with Gasteiger partial charge in [-0.15, -0.1) is 0 Å². The minimum Gasteiger partial charge on any atom is -0.377 e. The van der Waals surface area contributed by atoms with Crippen molar-refractivity contribution < 1.29 is 13.2 Å². The van der Waals surface area contributed by atoms with Crippen LogP contribution in [0.15, 0.2) is 11.8 Å². The molecule has 1 saturated heterocycles. The van der Waals surface area contributed by atoms with E-state index in [2.05, 4.69) is 25.8 Å². The molecule has 0 spiro atoms. The van der Waals surface area contributed by atoms with Gasteiger partial charge in [0.1, 0.15) is 0 Å². The number of rotatable bonds is 2. The summed E-state index contributed by atoms with van der Waals surface area (Å²) in [6, 6.07) is 0. The van der Waals surface area contributed by atoms with Gasteiger partial charge in [-0.2, -0.15) is 0 Å². The van der Waals surface area contributed by atoms with Crippen molar-refractivity contribution in [2.45, 2.75) is 64.5 Å². The van der Waals surface area contributed by atoms with E-state index >= 15 is 0 Å². The van der Waals surface area contributed by atoms with Gasteiger partial charge in [-0.1, -0.05) is 20.8 Å². The third-order valence-electron chi connectivity index (χ3n) is 8.56. The molecule has 26 heavy (non-hydrogen) atoms. The smallest absolute Gasteiger partial charge is 0.157 e. The van der Waals surface area contributed by atoms with Gasteiger partial charge in [0.15, 0.2) is 15.6 Å². The molecule has 146 valence electrons. The Kier molecular flexibility index (Phi) is 4.15. The summed E-state index contributed by atoms with van der Waals surface area (Å²) < 4.78 is 25.2. The number of carbonyl (C=O) groups is 1. The first kappa shape index (κ1) is 18.5. The number of ketones is 1. The first-order chi connectivity index (χ1) is 12.1. The molecule has 0 radical (unpaired) electrons. The van der Waals surface area contributed by atoms with Crippen molar-refractivity contribution in [2.75, 3.05) is 19.3 Å². The number of likely N-dealkylation sites (tertiary alicyclic amines) is 1. The quantitative estimate of drug-likeness (QED) is 0.738. The topological polar surface area (TPSA) is 54.5 Å². The lowest BCUT2D eigenvalue weighted by Gasteiger charge is -2.59. The fourth-order valence-corrected chi connectivity index (χ4v) is 8.68. The van der Waals surface area contributed by atoms with Crippen LogP contribution >= 0.6 is 0 Å². The van der Waals surface area contributed by atoms with Crippen LogP contribution in [0.5, 0.6) is 0 Å². The Morgan fingerprint density at radius 1 is 1.23 bits per heavy atom. The first-order valence-corrected chi connectivity index (χ1v) is 12.0. The van der Waals surface area contributed by atoms with Gasteiger partial charge < -0.3 is 4.90 Å². The van der Waals surface area contributed by atoms with Crippen LogP contribution in [0, 0.1) is 28.6 Å². The highest BCUT2D eigenvalue weighted by Gasteiger charge is 2.60. The molecule has 0 bridgehead atoms. The van der Waals surface area contributed by atoms with Crippen molar-refractivity contribution in [2.24, 2.45) is 28.6 Å². The molecule has 1 heterocycles. The predicted octanol–water partition coefficient (Wildman–Crippen LogP) is 3.43. The fraction of sp³-hybridized carbons (Fsp3) is 0.857. The second kappa shape index (κ2) is 5.83. The highest BCUT2D eigenvalue weighted by Crippen LogP contribution is 2.64. The summed E-state index contributed by atoms with van der Waals surface area (Å²) in [4.78, 5) is 14.3. The zero-order valence-electron chi connectivity index (χ0n) is 16.6. The average Bonchev–Trinajstić information content (AvgIpc) is 2.95. The number of nitrogens with zero attached hydrogens (tertiary/aromatic N) is 1. The number of carbonyl (C=O) groups excluding carboxylic acids is 1. The third-order valence-corrected chi connectivity index (χ3v) is 10.7. The molecule has 3 aliphatic carbocycles. The van der Waals surface area contributed by atoms with E-state index in [1.165, 1.54) is 12.1 Å². The summed E-state index contributed by atoms with van der Waals surface area (Å²) in [7, 11) is -0.836. The molecule has 1 aliphatic heterocycles. The maximum Gasteiger partial charge on any atom is 0.157 e. The van der Waals surface area contributed by atoms with Gasteiger partial charge in [0.25, 0.3) is 0 Å². The number of hydrogen-bond donors (Lipinski definition) is 0. The lowest BCUT2D eigenvalue weighted by molar-refractivity contribution is -0.118. The molecule has 0 amide bonds. The summed E-state index contributed by atoms with van der Waals surface area (Å²) in [5, 5.41) is -0.149. The van der Waals surface area contributed by atoms with Crippen molar-refractivity contribution in [1.82, 2.24) is 4.90 Å². The van der Waals surface area contributed by atoms with Gasteiger partial charge in [0.2, 0.25) is 0 Å². The van der Waals surface area contributed by atoms with Gasteiger partial charge in [-0.05, 0) is 55.3 Å². The highest BCUT2D eigenvalue weighted by molar-refractivity contribution is 7.92. The van der Waals surface area contributed by atoms with Crippen LogP contribution in [0.4, 0.5) is 0 Å². The van der Waals surface area contributed by atoms with E-state index in [1.54, 1.807) is 6.92 Å². The van der Waals surface area contributed by atoms with Crippen molar-refractivity contribution in [3.8, 4) is 0 Å². The molecule has 4 nitrogen and oxygen atoms in total. The first-order valence-electron chi connectivity index (χ1n) is 10.3. The maximum atomic E-state index is 12.6. The predicted molar refractivity (Wildman–Crippen MR) is 103 cm³/mol. The van der Waals surface area contributed by atoms with Crippen LogP contribution in [0.1, 0.15) is 59.3 Å². The zero-order valence-corrected chi connectivity index (χ0v) is 17.4. The third kappa shape index (κ3) is 2.52. The number of piperidine rings is 1. The Morgan fingerprint density at radius 2 is 1.96 bits per heavy atom. The monoisotopic (exact) mass is 379 g/mol. The van der Waals surface area contributed by atoms with Crippen LogP contribution in [-0.4, -0.2) is 43.7 Å².